The van der Waals surface area contributed by atoms with E-state index >= 15 is 0 Å². The summed E-state index contributed by atoms with van der Waals surface area (Å²) in [4.78, 5) is 27.0. The van der Waals surface area contributed by atoms with Crippen LogP contribution in [0.15, 0.2) is 36.7 Å². The van der Waals surface area contributed by atoms with Gasteiger partial charge in [0.1, 0.15) is 11.6 Å². The molecule has 2 aromatic heterocycles. The topological polar surface area (TPSA) is 99.4 Å². The Morgan fingerprint density at radius 1 is 1.17 bits per heavy atom. The molecule has 0 unspecified atom stereocenters. The van der Waals surface area contributed by atoms with E-state index in [2.05, 4.69) is 47.3 Å². The summed E-state index contributed by atoms with van der Waals surface area (Å²) in [5.41, 5.74) is 4.35. The zero-order chi connectivity index (χ0) is 33.1. The number of carbonyl (C=O) groups is 1. The molecule has 2 fully saturated rings. The molecule has 2 aliphatic carbocycles. The number of likely N-dealkylation sites (tertiary alicyclic amines) is 1. The summed E-state index contributed by atoms with van der Waals surface area (Å²) >= 11 is 0. The molecule has 47 heavy (non-hydrogen) atoms. The van der Waals surface area contributed by atoms with Crippen molar-refractivity contribution >= 4 is 17.7 Å². The molecule has 0 bridgehead atoms. The van der Waals surface area contributed by atoms with Gasteiger partial charge in [0, 0.05) is 50.6 Å². The molecular weight excluding hydrogens is 593 g/mol. The Labute approximate surface area is 279 Å². The molecule has 0 amide bonds. The van der Waals surface area contributed by atoms with Gasteiger partial charge in [-0.1, -0.05) is 26.0 Å². The third-order valence-corrected chi connectivity index (χ3v) is 11.1. The SMILES string of the molecule is CC[C@H](C1CCC(C(=O)O)CC1)N(C)c1nc2c(c(N[C@@H](CN3CCC[C@H](C)C3)c3cnn(C)c3)n1)C[C@@H](c1cccc(F)c1)CC2. The van der Waals surface area contributed by atoms with Gasteiger partial charge in [-0.3, -0.25) is 9.48 Å². The van der Waals surface area contributed by atoms with Crippen LogP contribution in [0, 0.1) is 23.6 Å². The van der Waals surface area contributed by atoms with Crippen molar-refractivity contribution in [3.8, 4) is 0 Å². The molecule has 4 atom stereocenters. The third-order valence-electron chi connectivity index (χ3n) is 11.1. The number of hydrogen-bond donors (Lipinski definition) is 2. The van der Waals surface area contributed by atoms with E-state index in [4.69, 9.17) is 9.97 Å². The van der Waals surface area contributed by atoms with Gasteiger partial charge >= 0.3 is 5.97 Å². The van der Waals surface area contributed by atoms with Crippen LogP contribution in [-0.4, -0.2) is 68.4 Å². The van der Waals surface area contributed by atoms with Crippen molar-refractivity contribution in [3.05, 3.63) is 64.9 Å². The summed E-state index contributed by atoms with van der Waals surface area (Å²) in [5, 5.41) is 18.0. The van der Waals surface area contributed by atoms with Crippen LogP contribution in [0.2, 0.25) is 0 Å². The molecule has 6 rings (SSSR count). The summed E-state index contributed by atoms with van der Waals surface area (Å²) in [5.74, 6) is 1.75. The molecule has 0 radical (unpaired) electrons. The zero-order valence-electron chi connectivity index (χ0n) is 28.5. The minimum atomic E-state index is -0.669. The van der Waals surface area contributed by atoms with Gasteiger partial charge in [-0.05, 0) is 106 Å². The first-order valence-electron chi connectivity index (χ1n) is 17.8. The number of nitrogens with one attached hydrogen (secondary N) is 1. The quantitative estimate of drug-likeness (QED) is 0.240. The number of aryl methyl sites for hydroxylation is 2. The first-order valence-corrected chi connectivity index (χ1v) is 17.8. The van der Waals surface area contributed by atoms with Crippen molar-refractivity contribution in [1.82, 2.24) is 24.6 Å². The van der Waals surface area contributed by atoms with E-state index in [9.17, 15) is 14.3 Å². The number of benzene rings is 1. The molecule has 3 aliphatic rings. The maximum atomic E-state index is 14.3. The number of carboxylic acids is 1. The molecule has 1 aliphatic heterocycles. The summed E-state index contributed by atoms with van der Waals surface area (Å²) < 4.78 is 16.2. The van der Waals surface area contributed by atoms with Gasteiger partial charge in [0.05, 0.1) is 23.9 Å². The van der Waals surface area contributed by atoms with Crippen LogP contribution < -0.4 is 10.2 Å². The molecule has 9 nitrogen and oxygen atoms in total. The highest BCUT2D eigenvalue weighted by Crippen LogP contribution is 2.39. The van der Waals surface area contributed by atoms with Crippen molar-refractivity contribution in [2.45, 2.75) is 96.1 Å². The van der Waals surface area contributed by atoms with Crippen LogP contribution in [0.3, 0.4) is 0 Å². The Balaban J connectivity index is 1.34. The zero-order valence-corrected chi connectivity index (χ0v) is 28.5. The number of nitrogens with zero attached hydrogens (tertiary/aromatic N) is 6. The van der Waals surface area contributed by atoms with Crippen LogP contribution in [0.1, 0.15) is 99.6 Å². The standard InChI is InChI=1S/C37H52FN7O2/c1-5-34(25-11-13-26(14-12-25)36(46)47)44(4)37-41-32-16-15-28(27-9-6-10-30(38)18-27)19-31(32)35(42-37)40-33(29-20-39-43(3)22-29)23-45-17-7-8-24(2)21-45/h6,9-10,18,20,22,24-26,28,33-34H,5,7-8,11-17,19,21,23H2,1-4H3,(H,46,47)(H,40,41,42)/t24-,25?,26?,28-,33-,34+/m0/s1. The Hall–Kier alpha value is -3.53. The van der Waals surface area contributed by atoms with E-state index in [-0.39, 0.29) is 29.7 Å². The predicted molar refractivity (Wildman–Crippen MR) is 183 cm³/mol. The third kappa shape index (κ3) is 7.79. The van der Waals surface area contributed by atoms with Gasteiger partial charge in [0.25, 0.3) is 0 Å². The Bertz CT molecular complexity index is 1520. The van der Waals surface area contributed by atoms with Gasteiger partial charge in [0.15, 0.2) is 0 Å². The second kappa shape index (κ2) is 14.7. The van der Waals surface area contributed by atoms with Crippen LogP contribution in [0.4, 0.5) is 16.2 Å². The number of aromatic nitrogens is 4. The van der Waals surface area contributed by atoms with Crippen molar-refractivity contribution in [2.75, 3.05) is 36.9 Å². The van der Waals surface area contributed by atoms with Crippen LogP contribution in [0.25, 0.3) is 0 Å². The number of fused-ring (bicyclic) bond motifs is 1. The Morgan fingerprint density at radius 2 is 1.98 bits per heavy atom. The number of carboxylic acid groups (broad SMARTS) is 1. The monoisotopic (exact) mass is 645 g/mol. The van der Waals surface area contributed by atoms with Crippen LogP contribution >= 0.6 is 0 Å². The van der Waals surface area contributed by atoms with Crippen LogP contribution in [-0.2, 0) is 24.7 Å². The molecule has 1 aromatic carbocycles. The lowest BCUT2D eigenvalue weighted by molar-refractivity contribution is -0.143. The molecule has 3 heterocycles. The van der Waals surface area contributed by atoms with Gasteiger partial charge in [0.2, 0.25) is 5.95 Å². The summed E-state index contributed by atoms with van der Waals surface area (Å²) in [6.07, 6.45) is 13.2. The first kappa shape index (κ1) is 33.4. The fourth-order valence-corrected chi connectivity index (χ4v) is 8.47. The van der Waals surface area contributed by atoms with Gasteiger partial charge < -0.3 is 20.2 Å². The fourth-order valence-electron chi connectivity index (χ4n) is 8.47. The Morgan fingerprint density at radius 3 is 2.66 bits per heavy atom. The number of piperidine rings is 1. The lowest BCUT2D eigenvalue weighted by atomic mass is 9.77. The van der Waals surface area contributed by atoms with E-state index in [1.807, 2.05) is 24.0 Å². The minimum Gasteiger partial charge on any atom is -0.481 e. The average molecular weight is 646 g/mol. The average Bonchev–Trinajstić information content (AvgIpc) is 3.50. The number of halogens is 1. The molecule has 0 spiro atoms. The number of hydrogen-bond acceptors (Lipinski definition) is 7. The van der Waals surface area contributed by atoms with E-state index in [1.54, 1.807) is 12.1 Å². The molecular formula is C37H52FN7O2. The van der Waals surface area contributed by atoms with Crippen molar-refractivity contribution in [2.24, 2.45) is 24.8 Å². The number of aliphatic carboxylic acids is 1. The number of rotatable bonds is 11. The smallest absolute Gasteiger partial charge is 0.306 e. The van der Waals surface area contributed by atoms with E-state index in [0.29, 0.717) is 11.8 Å². The Kier molecular flexibility index (Phi) is 10.4. The van der Waals surface area contributed by atoms with E-state index < -0.39 is 5.97 Å². The highest BCUT2D eigenvalue weighted by atomic mass is 19.1. The van der Waals surface area contributed by atoms with Crippen LogP contribution in [0.5, 0.6) is 0 Å². The van der Waals surface area contributed by atoms with Crippen molar-refractivity contribution < 1.29 is 14.3 Å². The van der Waals surface area contributed by atoms with Gasteiger partial charge in [-0.15, -0.1) is 0 Å². The molecule has 1 saturated carbocycles. The predicted octanol–water partition coefficient (Wildman–Crippen LogP) is 6.61. The first-order chi connectivity index (χ1) is 22.7. The highest BCUT2D eigenvalue weighted by Gasteiger charge is 2.34. The minimum absolute atomic E-state index is 0.00558. The summed E-state index contributed by atoms with van der Waals surface area (Å²) in [6.45, 7) is 7.58. The lowest BCUT2D eigenvalue weighted by Crippen LogP contribution is -2.41. The number of anilines is 2. The highest BCUT2D eigenvalue weighted by molar-refractivity contribution is 5.70. The fraction of sp³-hybridized carbons (Fsp3) is 0.622. The normalized spacial score (nSPS) is 24.7. The molecule has 10 heteroatoms. The summed E-state index contributed by atoms with van der Waals surface area (Å²) in [7, 11) is 4.07. The maximum Gasteiger partial charge on any atom is 0.306 e. The lowest BCUT2D eigenvalue weighted by Gasteiger charge is -2.38. The molecule has 1 saturated heterocycles. The second-order valence-corrected chi connectivity index (χ2v) is 14.5. The van der Waals surface area contributed by atoms with Gasteiger partial charge in [-0.2, -0.15) is 10.1 Å². The molecule has 254 valence electrons. The maximum absolute atomic E-state index is 14.3. The van der Waals surface area contributed by atoms with Gasteiger partial charge in [-0.25, -0.2) is 9.37 Å². The van der Waals surface area contributed by atoms with E-state index in [0.717, 1.165) is 105 Å². The second-order valence-electron chi connectivity index (χ2n) is 14.5. The largest absolute Gasteiger partial charge is 0.481 e. The van der Waals surface area contributed by atoms with E-state index in [1.165, 1.54) is 18.9 Å². The molecule has 3 aromatic rings. The summed E-state index contributed by atoms with van der Waals surface area (Å²) in [6, 6.07) is 7.25. The molecule has 2 N–H and O–H groups in total. The van der Waals surface area contributed by atoms with Crippen molar-refractivity contribution in [3.63, 3.8) is 0 Å². The van der Waals surface area contributed by atoms with Crippen molar-refractivity contribution in [1.29, 1.82) is 0 Å².